The first-order valence-electron chi connectivity index (χ1n) is 8.99. The molecule has 2 saturated heterocycles. The van der Waals surface area contributed by atoms with Gasteiger partial charge in [0.2, 0.25) is 5.91 Å². The highest BCUT2D eigenvalue weighted by Crippen LogP contribution is 2.50. The number of aryl methyl sites for hydroxylation is 1. The van der Waals surface area contributed by atoms with Gasteiger partial charge in [-0.1, -0.05) is 22.8 Å². The number of amides is 2. The molecule has 1 unspecified atom stereocenters. The summed E-state index contributed by atoms with van der Waals surface area (Å²) in [5, 5.41) is 15.4. The van der Waals surface area contributed by atoms with E-state index in [9.17, 15) is 23.9 Å². The summed E-state index contributed by atoms with van der Waals surface area (Å²) in [4.78, 5) is 38.5. The number of nitrogens with zero attached hydrogens (tertiary/aromatic N) is 2. The van der Waals surface area contributed by atoms with Gasteiger partial charge < -0.3 is 19.8 Å². The molecule has 0 bridgehead atoms. The number of carbonyl (C=O) groups excluding carboxylic acids is 2. The average Bonchev–Trinajstić information content (AvgIpc) is 3.14. The minimum Gasteiger partial charge on any atom is -0.480 e. The van der Waals surface area contributed by atoms with Gasteiger partial charge in [0, 0.05) is 4.75 Å². The van der Waals surface area contributed by atoms with Crippen LogP contribution in [-0.2, 0) is 9.59 Å². The summed E-state index contributed by atoms with van der Waals surface area (Å²) < 4.78 is 18.7. The number of hydrogen-bond acceptors (Lipinski definition) is 6. The number of carboxylic acid groups (broad SMARTS) is 1. The van der Waals surface area contributed by atoms with Crippen molar-refractivity contribution >= 4 is 41.1 Å². The Kier molecular flexibility index (Phi) is 4.81. The Morgan fingerprint density at radius 3 is 2.73 bits per heavy atom. The summed E-state index contributed by atoms with van der Waals surface area (Å²) in [6.45, 7) is 4.97. The Hall–Kier alpha value is -2.59. The van der Waals surface area contributed by atoms with Crippen LogP contribution in [-0.4, -0.2) is 55.2 Å². The standard InChI is InChI=1S/C19H17ClFN3O5S/c1-7-10(12(23-29-7)11-8(20)5-4-6-9(11)21)15(25)22-13-16(26)24-14(18(27)28)19(2,3)30-17(13)24/h4-6,13-14,17H,1-3H3,(H,22,25)(H,27,28)/t13?,14-,17+/m0/s1. The zero-order chi connectivity index (χ0) is 22.0. The fourth-order valence-electron chi connectivity index (χ4n) is 3.89. The molecular weight excluding hydrogens is 437 g/mol. The second-order valence-corrected chi connectivity index (χ2v) is 9.79. The summed E-state index contributed by atoms with van der Waals surface area (Å²) in [7, 11) is 0. The van der Waals surface area contributed by atoms with Crippen molar-refractivity contribution in [3.63, 3.8) is 0 Å². The van der Waals surface area contributed by atoms with Gasteiger partial charge in [-0.2, -0.15) is 0 Å². The Morgan fingerprint density at radius 1 is 1.40 bits per heavy atom. The number of carboxylic acids is 1. The number of aromatic nitrogens is 1. The normalized spacial score (nSPS) is 24.4. The Morgan fingerprint density at radius 2 is 2.10 bits per heavy atom. The van der Waals surface area contributed by atoms with E-state index in [0.717, 1.165) is 0 Å². The molecule has 2 aliphatic heterocycles. The predicted octanol–water partition coefficient (Wildman–Crippen LogP) is 2.69. The van der Waals surface area contributed by atoms with Crippen LogP contribution in [0, 0.1) is 12.7 Å². The lowest BCUT2D eigenvalue weighted by molar-refractivity contribution is -0.159. The van der Waals surface area contributed by atoms with Gasteiger partial charge >= 0.3 is 5.97 Å². The van der Waals surface area contributed by atoms with Crippen LogP contribution in [0.4, 0.5) is 4.39 Å². The molecule has 8 nitrogen and oxygen atoms in total. The first-order valence-corrected chi connectivity index (χ1v) is 10.2. The molecule has 3 heterocycles. The van der Waals surface area contributed by atoms with E-state index >= 15 is 0 Å². The lowest BCUT2D eigenvalue weighted by Crippen LogP contribution is -2.70. The van der Waals surface area contributed by atoms with Crippen molar-refractivity contribution in [3.8, 4) is 11.3 Å². The van der Waals surface area contributed by atoms with E-state index in [2.05, 4.69) is 10.5 Å². The first kappa shape index (κ1) is 20.7. The molecule has 2 aliphatic rings. The van der Waals surface area contributed by atoms with E-state index in [1.54, 1.807) is 13.8 Å². The molecule has 0 aliphatic carbocycles. The van der Waals surface area contributed by atoms with E-state index in [0.29, 0.717) is 0 Å². The van der Waals surface area contributed by atoms with Gasteiger partial charge in [-0.25, -0.2) is 9.18 Å². The predicted molar refractivity (Wildman–Crippen MR) is 107 cm³/mol. The smallest absolute Gasteiger partial charge is 0.327 e. The van der Waals surface area contributed by atoms with Gasteiger partial charge in [-0.15, -0.1) is 11.8 Å². The SMILES string of the molecule is Cc1onc(-c2c(F)cccc2Cl)c1C(=O)NC1C(=O)N2[C@@H]1SC(C)(C)[C@@H]2C(=O)O. The fourth-order valence-corrected chi connectivity index (χ4v) is 5.77. The van der Waals surface area contributed by atoms with Crippen LogP contribution in [0.25, 0.3) is 11.3 Å². The van der Waals surface area contributed by atoms with Crippen molar-refractivity contribution in [2.45, 2.75) is 43.0 Å². The van der Waals surface area contributed by atoms with Crippen LogP contribution in [0.1, 0.15) is 30.0 Å². The van der Waals surface area contributed by atoms with Gasteiger partial charge in [-0.3, -0.25) is 9.59 Å². The quantitative estimate of drug-likeness (QED) is 0.684. The lowest BCUT2D eigenvalue weighted by Gasteiger charge is -2.43. The Balaban J connectivity index is 1.62. The molecule has 2 aromatic rings. The lowest BCUT2D eigenvalue weighted by atomic mass is 9.95. The molecular formula is C19H17ClFN3O5S. The summed E-state index contributed by atoms with van der Waals surface area (Å²) in [5.74, 6) is -2.81. The fraction of sp³-hybridized carbons (Fsp3) is 0.368. The van der Waals surface area contributed by atoms with Crippen LogP contribution in [0.2, 0.25) is 5.02 Å². The highest BCUT2D eigenvalue weighted by molar-refractivity contribution is 8.01. The highest BCUT2D eigenvalue weighted by atomic mass is 35.5. The van der Waals surface area contributed by atoms with Crippen molar-refractivity contribution in [3.05, 3.63) is 40.4 Å². The van der Waals surface area contributed by atoms with E-state index in [4.69, 9.17) is 16.1 Å². The largest absolute Gasteiger partial charge is 0.480 e. The van der Waals surface area contributed by atoms with Gasteiger partial charge in [0.25, 0.3) is 5.91 Å². The number of halogens is 2. The molecule has 3 atom stereocenters. The summed E-state index contributed by atoms with van der Waals surface area (Å²) in [6, 6.07) is 2.17. The van der Waals surface area contributed by atoms with Gasteiger partial charge in [0.1, 0.15) is 40.3 Å². The van der Waals surface area contributed by atoms with Crippen molar-refractivity contribution in [1.82, 2.24) is 15.4 Å². The molecule has 2 N–H and O–H groups in total. The molecule has 1 aromatic heterocycles. The number of fused-ring (bicyclic) bond motifs is 1. The number of benzene rings is 1. The molecule has 158 valence electrons. The molecule has 30 heavy (non-hydrogen) atoms. The summed E-state index contributed by atoms with van der Waals surface area (Å²) in [5.41, 5.74) is -0.185. The van der Waals surface area contributed by atoms with Crippen LogP contribution in [0.15, 0.2) is 22.7 Å². The number of carbonyl (C=O) groups is 3. The van der Waals surface area contributed by atoms with Crippen molar-refractivity contribution in [2.75, 3.05) is 0 Å². The number of rotatable bonds is 4. The molecule has 1 aromatic carbocycles. The molecule has 2 amide bonds. The summed E-state index contributed by atoms with van der Waals surface area (Å²) >= 11 is 7.40. The molecule has 0 spiro atoms. The van der Waals surface area contributed by atoms with Crippen molar-refractivity contribution in [2.24, 2.45) is 0 Å². The maximum atomic E-state index is 14.4. The number of thioether (sulfide) groups is 1. The van der Waals surface area contributed by atoms with E-state index < -0.39 is 45.8 Å². The monoisotopic (exact) mass is 453 g/mol. The average molecular weight is 454 g/mol. The van der Waals surface area contributed by atoms with Gasteiger partial charge in [0.15, 0.2) is 0 Å². The number of aliphatic carboxylic acids is 1. The molecule has 0 radical (unpaired) electrons. The van der Waals surface area contributed by atoms with Gasteiger partial charge in [-0.05, 0) is 32.9 Å². The number of hydrogen-bond donors (Lipinski definition) is 2. The first-order chi connectivity index (χ1) is 14.0. The third-order valence-corrected chi connectivity index (χ3v) is 7.14. The zero-order valence-electron chi connectivity index (χ0n) is 16.1. The Labute approximate surface area is 179 Å². The highest BCUT2D eigenvalue weighted by Gasteiger charge is 2.64. The van der Waals surface area contributed by atoms with Crippen LogP contribution >= 0.6 is 23.4 Å². The van der Waals surface area contributed by atoms with E-state index in [1.807, 2.05) is 0 Å². The molecule has 0 saturated carbocycles. The third-order valence-electron chi connectivity index (χ3n) is 5.25. The minimum atomic E-state index is -1.10. The third kappa shape index (κ3) is 2.97. The van der Waals surface area contributed by atoms with Crippen LogP contribution in [0.5, 0.6) is 0 Å². The minimum absolute atomic E-state index is 0.0368. The second-order valence-electron chi connectivity index (χ2n) is 7.61. The topological polar surface area (TPSA) is 113 Å². The maximum absolute atomic E-state index is 14.4. The van der Waals surface area contributed by atoms with Crippen molar-refractivity contribution in [1.29, 1.82) is 0 Å². The zero-order valence-corrected chi connectivity index (χ0v) is 17.7. The van der Waals surface area contributed by atoms with Gasteiger partial charge in [0.05, 0.1) is 10.6 Å². The Bertz CT molecular complexity index is 1070. The van der Waals surface area contributed by atoms with E-state index in [1.165, 1.54) is 41.8 Å². The van der Waals surface area contributed by atoms with Crippen molar-refractivity contribution < 1.29 is 28.4 Å². The van der Waals surface area contributed by atoms with Crippen LogP contribution < -0.4 is 5.32 Å². The maximum Gasteiger partial charge on any atom is 0.327 e. The number of β-lactam (4-membered cyclic amide) rings is 1. The summed E-state index contributed by atoms with van der Waals surface area (Å²) in [6.07, 6.45) is 0. The molecule has 4 rings (SSSR count). The second kappa shape index (κ2) is 6.98. The molecule has 2 fully saturated rings. The van der Waals surface area contributed by atoms with E-state index in [-0.39, 0.29) is 27.6 Å². The molecule has 11 heteroatoms. The number of nitrogens with one attached hydrogen (secondary N) is 1. The van der Waals surface area contributed by atoms with Crippen LogP contribution in [0.3, 0.4) is 0 Å².